The summed E-state index contributed by atoms with van der Waals surface area (Å²) in [6, 6.07) is 2.74. The van der Waals surface area contributed by atoms with Crippen LogP contribution in [0, 0.1) is 31.1 Å². The second kappa shape index (κ2) is 6.96. The Hall–Kier alpha value is -2.79. The number of nitrogens with zero attached hydrogens (tertiary/aromatic N) is 2. The van der Waals surface area contributed by atoms with E-state index in [-0.39, 0.29) is 35.9 Å². The number of carboxylic acids is 1. The maximum atomic E-state index is 12.2. The van der Waals surface area contributed by atoms with Gasteiger partial charge in [0, 0.05) is 0 Å². The molecule has 1 N–H and O–H groups in total. The zero-order chi connectivity index (χ0) is 15.1. The van der Waals surface area contributed by atoms with E-state index >= 15 is 0 Å². The van der Waals surface area contributed by atoms with E-state index < -0.39 is 5.97 Å². The van der Waals surface area contributed by atoms with Crippen LogP contribution < -0.4 is 0 Å². The Labute approximate surface area is 117 Å². The number of hydrogen-bond acceptors (Lipinski definition) is 3. The molecule has 1 amide bonds. The summed E-state index contributed by atoms with van der Waals surface area (Å²) in [5.74, 6) is 6.39. The molecule has 1 aromatic heterocycles. The van der Waals surface area contributed by atoms with Gasteiger partial charge in [-0.05, 0) is 26.0 Å². The third kappa shape index (κ3) is 3.60. The molecular weight excluding hydrogens is 256 g/mol. The summed E-state index contributed by atoms with van der Waals surface area (Å²) in [5, 5.41) is 8.92. The number of carbonyl (C=O) groups excluding carboxylic acids is 1. The van der Waals surface area contributed by atoms with Crippen LogP contribution in [0.5, 0.6) is 0 Å². The Bertz CT molecular complexity index is 633. The third-order valence-electron chi connectivity index (χ3n) is 2.55. The summed E-state index contributed by atoms with van der Waals surface area (Å²) in [6.07, 6.45) is 5.22. The average Bonchev–Trinajstić information content (AvgIpc) is 2.42. The Morgan fingerprint density at radius 2 is 2.10 bits per heavy atom. The van der Waals surface area contributed by atoms with Gasteiger partial charge in [-0.3, -0.25) is 4.79 Å². The lowest BCUT2D eigenvalue weighted by atomic mass is 10.2. The van der Waals surface area contributed by atoms with Gasteiger partial charge in [0.15, 0.2) is 0 Å². The molecule has 1 heterocycles. The smallest absolute Gasteiger partial charge is 0.337 e. The Kier molecular flexibility index (Phi) is 5.31. The molecule has 0 saturated carbocycles. The van der Waals surface area contributed by atoms with Gasteiger partial charge in [-0.2, -0.15) is 0 Å². The molecule has 0 bridgehead atoms. The maximum absolute atomic E-state index is 12.2. The fourth-order valence-electron chi connectivity index (χ4n) is 1.55. The van der Waals surface area contributed by atoms with E-state index in [9.17, 15) is 9.59 Å². The van der Waals surface area contributed by atoms with Crippen molar-refractivity contribution in [2.24, 2.45) is 0 Å². The minimum absolute atomic E-state index is 0.0680. The molecular formula is C15H14N2O3. The molecule has 0 spiro atoms. The number of hydrogen-bond donors (Lipinski definition) is 1. The van der Waals surface area contributed by atoms with E-state index in [1.165, 1.54) is 24.0 Å². The second-order valence-corrected chi connectivity index (χ2v) is 3.93. The number of amides is 1. The molecule has 1 rings (SSSR count). The zero-order valence-corrected chi connectivity index (χ0v) is 11.3. The molecule has 0 aliphatic heterocycles. The quantitative estimate of drug-likeness (QED) is 0.834. The number of carbonyl (C=O) groups is 2. The molecule has 0 aromatic carbocycles. The number of aromatic carboxylic acids is 1. The summed E-state index contributed by atoms with van der Waals surface area (Å²) in [4.78, 5) is 28.5. The second-order valence-electron chi connectivity index (χ2n) is 3.93. The van der Waals surface area contributed by atoms with Crippen LogP contribution in [0.3, 0.4) is 0 Å². The number of aromatic nitrogens is 1. The normalized spacial score (nSPS) is 9.05. The van der Waals surface area contributed by atoms with E-state index in [0.717, 1.165) is 0 Å². The van der Waals surface area contributed by atoms with Crippen molar-refractivity contribution in [1.82, 2.24) is 9.88 Å². The topological polar surface area (TPSA) is 70.5 Å². The highest BCUT2D eigenvalue weighted by molar-refractivity contribution is 5.94. The van der Waals surface area contributed by atoms with Gasteiger partial charge in [0.1, 0.15) is 5.69 Å². The van der Waals surface area contributed by atoms with Crippen LogP contribution in [0.2, 0.25) is 0 Å². The predicted octanol–water partition coefficient (Wildman–Crippen LogP) is 1.19. The zero-order valence-electron chi connectivity index (χ0n) is 11.3. The first kappa shape index (κ1) is 15.3. The summed E-state index contributed by atoms with van der Waals surface area (Å²) >= 11 is 0. The fourth-order valence-corrected chi connectivity index (χ4v) is 1.55. The van der Waals surface area contributed by atoms with Crippen molar-refractivity contribution in [1.29, 1.82) is 0 Å². The average molecular weight is 270 g/mol. The molecule has 5 heteroatoms. The number of terminal acetylenes is 1. The van der Waals surface area contributed by atoms with Crippen LogP contribution in [-0.2, 0) is 0 Å². The molecule has 0 aliphatic carbocycles. The van der Waals surface area contributed by atoms with Crippen LogP contribution in [0.15, 0.2) is 12.1 Å². The van der Waals surface area contributed by atoms with Gasteiger partial charge >= 0.3 is 5.97 Å². The first-order valence-electron chi connectivity index (χ1n) is 5.84. The van der Waals surface area contributed by atoms with Crippen molar-refractivity contribution in [3.05, 3.63) is 29.1 Å². The minimum Gasteiger partial charge on any atom is -0.478 e. The van der Waals surface area contributed by atoms with Gasteiger partial charge in [0.2, 0.25) is 0 Å². The van der Waals surface area contributed by atoms with Gasteiger partial charge < -0.3 is 10.0 Å². The van der Waals surface area contributed by atoms with Crippen molar-refractivity contribution in [3.8, 4) is 24.2 Å². The Morgan fingerprint density at radius 1 is 1.40 bits per heavy atom. The van der Waals surface area contributed by atoms with E-state index in [2.05, 4.69) is 22.7 Å². The minimum atomic E-state index is -1.08. The number of rotatable bonds is 4. The van der Waals surface area contributed by atoms with Crippen molar-refractivity contribution >= 4 is 11.9 Å². The van der Waals surface area contributed by atoms with Crippen LogP contribution in [0.25, 0.3) is 0 Å². The highest BCUT2D eigenvalue weighted by Crippen LogP contribution is 2.09. The molecule has 102 valence electrons. The molecule has 0 radical (unpaired) electrons. The first-order chi connectivity index (χ1) is 9.51. The van der Waals surface area contributed by atoms with E-state index in [0.29, 0.717) is 0 Å². The van der Waals surface area contributed by atoms with Crippen LogP contribution >= 0.6 is 0 Å². The highest BCUT2D eigenvalue weighted by atomic mass is 16.4. The largest absolute Gasteiger partial charge is 0.478 e. The van der Waals surface area contributed by atoms with E-state index in [1.54, 1.807) is 6.92 Å². The van der Waals surface area contributed by atoms with Crippen molar-refractivity contribution in [2.75, 3.05) is 13.1 Å². The lowest BCUT2D eigenvalue weighted by Gasteiger charge is -2.17. The standard InChI is InChI=1S/C15H14N2O3/c1-4-6-10-17(9-5-2)14(18)13-8-7-12(15(19)20)11(3)16-13/h2,7-8H,9-10H2,1,3H3,(H,19,20). The van der Waals surface area contributed by atoms with Crippen molar-refractivity contribution in [3.63, 3.8) is 0 Å². The summed E-state index contributed by atoms with van der Waals surface area (Å²) in [7, 11) is 0. The van der Waals surface area contributed by atoms with Crippen molar-refractivity contribution in [2.45, 2.75) is 13.8 Å². The monoisotopic (exact) mass is 270 g/mol. The van der Waals surface area contributed by atoms with Gasteiger partial charge in [-0.1, -0.05) is 11.8 Å². The third-order valence-corrected chi connectivity index (χ3v) is 2.55. The van der Waals surface area contributed by atoms with Crippen LogP contribution in [-0.4, -0.2) is 40.0 Å². The van der Waals surface area contributed by atoms with Crippen molar-refractivity contribution < 1.29 is 14.7 Å². The number of pyridine rings is 1. The molecule has 0 saturated heterocycles. The molecule has 0 atom stereocenters. The van der Waals surface area contributed by atoms with Gasteiger partial charge in [-0.25, -0.2) is 9.78 Å². The molecule has 1 aromatic rings. The lowest BCUT2D eigenvalue weighted by molar-refractivity contribution is 0.0693. The van der Waals surface area contributed by atoms with E-state index in [4.69, 9.17) is 11.5 Å². The van der Waals surface area contributed by atoms with Gasteiger partial charge in [-0.15, -0.1) is 12.3 Å². The molecule has 20 heavy (non-hydrogen) atoms. The summed E-state index contributed by atoms with van der Waals surface area (Å²) in [5.41, 5.74) is 0.504. The fraction of sp³-hybridized carbons (Fsp3) is 0.267. The van der Waals surface area contributed by atoms with Gasteiger partial charge in [0.25, 0.3) is 5.91 Å². The van der Waals surface area contributed by atoms with Gasteiger partial charge in [0.05, 0.1) is 24.3 Å². The predicted molar refractivity (Wildman–Crippen MR) is 74.1 cm³/mol. The Morgan fingerprint density at radius 3 is 2.60 bits per heavy atom. The highest BCUT2D eigenvalue weighted by Gasteiger charge is 2.17. The first-order valence-corrected chi connectivity index (χ1v) is 5.84. The number of aryl methyl sites for hydroxylation is 1. The molecule has 5 nitrogen and oxygen atoms in total. The molecule has 0 aliphatic rings. The maximum Gasteiger partial charge on any atom is 0.337 e. The van der Waals surface area contributed by atoms with E-state index in [1.807, 2.05) is 0 Å². The summed E-state index contributed by atoms with van der Waals surface area (Å²) in [6.45, 7) is 3.54. The SMILES string of the molecule is C#CCN(CC#CC)C(=O)c1ccc(C(=O)O)c(C)n1. The lowest BCUT2D eigenvalue weighted by Crippen LogP contribution is -2.32. The molecule has 0 fully saturated rings. The molecule has 0 unspecified atom stereocenters. The van der Waals surface area contributed by atoms with Crippen LogP contribution in [0.4, 0.5) is 0 Å². The summed E-state index contributed by atoms with van der Waals surface area (Å²) < 4.78 is 0. The van der Waals surface area contributed by atoms with Crippen LogP contribution in [0.1, 0.15) is 33.5 Å². The Balaban J connectivity index is 3.05. The number of carboxylic acid groups (broad SMARTS) is 1.